The molecule has 8 nitrogen and oxygen atoms in total. The zero-order valence-electron chi connectivity index (χ0n) is 17.5. The van der Waals surface area contributed by atoms with Crippen LogP contribution in [0.3, 0.4) is 0 Å². The zero-order chi connectivity index (χ0) is 22.8. The number of methoxy groups -OCH3 is 1. The molecule has 0 radical (unpaired) electrons. The van der Waals surface area contributed by atoms with Crippen LogP contribution in [0.2, 0.25) is 0 Å². The van der Waals surface area contributed by atoms with E-state index in [1.54, 1.807) is 24.3 Å². The quantitative estimate of drug-likeness (QED) is 0.398. The maximum absolute atomic E-state index is 12.8. The highest BCUT2D eigenvalue weighted by molar-refractivity contribution is 7.89. The van der Waals surface area contributed by atoms with Gasteiger partial charge in [-0.05, 0) is 29.8 Å². The minimum atomic E-state index is -3.64. The molecule has 164 valence electrons. The number of aliphatic hydroxyl groups excluding tert-OH is 1. The van der Waals surface area contributed by atoms with Crippen molar-refractivity contribution in [3.63, 3.8) is 0 Å². The first-order chi connectivity index (χ1) is 14.7. The molecule has 1 unspecified atom stereocenters. The van der Waals surface area contributed by atoms with Crippen LogP contribution in [-0.2, 0) is 24.3 Å². The molecular formula is C22H24N2O6S. The van der Waals surface area contributed by atoms with E-state index in [1.165, 1.54) is 50.4 Å². The van der Waals surface area contributed by atoms with E-state index in [-0.39, 0.29) is 34.9 Å². The van der Waals surface area contributed by atoms with Gasteiger partial charge in [0.2, 0.25) is 10.0 Å². The number of ether oxygens (including phenoxy) is 1. The molecule has 1 aliphatic rings. The fourth-order valence-electron chi connectivity index (χ4n) is 3.43. The van der Waals surface area contributed by atoms with Crippen LogP contribution in [0.5, 0.6) is 0 Å². The van der Waals surface area contributed by atoms with Crippen LogP contribution < -0.4 is 0 Å². The topological polar surface area (TPSA) is 104 Å². The van der Waals surface area contributed by atoms with Crippen LogP contribution in [0.4, 0.5) is 0 Å². The number of nitrogens with zero attached hydrogens (tertiary/aromatic N) is 2. The average Bonchev–Trinajstić information content (AvgIpc) is 3.02. The van der Waals surface area contributed by atoms with E-state index in [4.69, 9.17) is 4.74 Å². The fourth-order valence-corrected chi connectivity index (χ4v) is 4.33. The van der Waals surface area contributed by atoms with Crippen molar-refractivity contribution in [2.24, 2.45) is 0 Å². The number of Topliss-reactive ketones (excluding diaryl/α,β-unsaturated/α-hetero) is 1. The van der Waals surface area contributed by atoms with Gasteiger partial charge in [0.25, 0.3) is 11.7 Å². The second-order valence-corrected chi connectivity index (χ2v) is 9.36. The summed E-state index contributed by atoms with van der Waals surface area (Å²) in [5, 5.41) is 11.0. The van der Waals surface area contributed by atoms with Crippen LogP contribution >= 0.6 is 0 Å². The Kier molecular flexibility index (Phi) is 6.59. The summed E-state index contributed by atoms with van der Waals surface area (Å²) in [5.41, 5.74) is 0.866. The molecule has 0 bridgehead atoms. The van der Waals surface area contributed by atoms with Gasteiger partial charge in [-0.1, -0.05) is 30.3 Å². The summed E-state index contributed by atoms with van der Waals surface area (Å²) < 4.78 is 30.7. The third-order valence-corrected chi connectivity index (χ3v) is 6.93. The molecule has 1 fully saturated rings. The number of rotatable bonds is 7. The number of ketones is 1. The molecule has 1 N–H and O–H groups in total. The third-order valence-electron chi connectivity index (χ3n) is 5.10. The lowest BCUT2D eigenvalue weighted by Gasteiger charge is -2.25. The molecule has 0 spiro atoms. The largest absolute Gasteiger partial charge is 0.507 e. The standard InChI is InChI=1S/C22H24N2O6S/c1-23(2)31(28,29)17-11-9-16(10-12-17)20(25)18-19(15-7-5-4-6-8-15)24(13-14-30-3)22(27)21(18)26/h4-12,19,25H,13-14H2,1-3H3/b20-18+. The predicted molar refractivity (Wildman–Crippen MR) is 115 cm³/mol. The second kappa shape index (κ2) is 9.01. The summed E-state index contributed by atoms with van der Waals surface area (Å²) in [6.45, 7) is 0.408. The molecule has 1 heterocycles. The van der Waals surface area contributed by atoms with Crippen molar-refractivity contribution in [1.82, 2.24) is 9.21 Å². The highest BCUT2D eigenvalue weighted by Gasteiger charge is 2.45. The molecular weight excluding hydrogens is 420 g/mol. The number of hydrogen-bond acceptors (Lipinski definition) is 6. The normalized spacial score (nSPS) is 18.7. The Morgan fingerprint density at radius 3 is 2.23 bits per heavy atom. The van der Waals surface area contributed by atoms with Crippen LogP contribution in [0.1, 0.15) is 17.2 Å². The van der Waals surface area contributed by atoms with E-state index in [0.717, 1.165) is 4.31 Å². The molecule has 0 aromatic heterocycles. The van der Waals surface area contributed by atoms with Crippen molar-refractivity contribution in [1.29, 1.82) is 0 Å². The molecule has 1 amide bonds. The minimum absolute atomic E-state index is 0.0458. The molecule has 0 saturated carbocycles. The van der Waals surface area contributed by atoms with Gasteiger partial charge in [0.1, 0.15) is 5.76 Å². The lowest BCUT2D eigenvalue weighted by molar-refractivity contribution is -0.140. The number of aliphatic hydroxyl groups is 1. The second-order valence-electron chi connectivity index (χ2n) is 7.21. The fraction of sp³-hybridized carbons (Fsp3) is 0.273. The highest BCUT2D eigenvalue weighted by atomic mass is 32.2. The van der Waals surface area contributed by atoms with Crippen molar-refractivity contribution in [2.75, 3.05) is 34.4 Å². The van der Waals surface area contributed by atoms with Gasteiger partial charge in [0.15, 0.2) is 0 Å². The van der Waals surface area contributed by atoms with E-state index >= 15 is 0 Å². The summed E-state index contributed by atoms with van der Waals surface area (Å²) >= 11 is 0. The van der Waals surface area contributed by atoms with Gasteiger partial charge in [-0.2, -0.15) is 0 Å². The Labute approximate surface area is 181 Å². The average molecular weight is 445 g/mol. The number of likely N-dealkylation sites (tertiary alicyclic amines) is 1. The van der Waals surface area contributed by atoms with Gasteiger partial charge in [-0.3, -0.25) is 9.59 Å². The Morgan fingerprint density at radius 2 is 1.68 bits per heavy atom. The molecule has 0 aliphatic carbocycles. The van der Waals surface area contributed by atoms with Crippen LogP contribution in [0.15, 0.2) is 65.1 Å². The number of amides is 1. The number of sulfonamides is 1. The maximum atomic E-state index is 12.8. The Hall–Kier alpha value is -3.01. The van der Waals surface area contributed by atoms with Gasteiger partial charge >= 0.3 is 0 Å². The van der Waals surface area contributed by atoms with Crippen molar-refractivity contribution < 1.29 is 27.9 Å². The van der Waals surface area contributed by atoms with Crippen LogP contribution in [0, 0.1) is 0 Å². The van der Waals surface area contributed by atoms with E-state index in [2.05, 4.69) is 0 Å². The molecule has 9 heteroatoms. The maximum Gasteiger partial charge on any atom is 0.295 e. The van der Waals surface area contributed by atoms with Crippen molar-refractivity contribution >= 4 is 27.5 Å². The first kappa shape index (κ1) is 22.7. The molecule has 31 heavy (non-hydrogen) atoms. The van der Waals surface area contributed by atoms with E-state index in [9.17, 15) is 23.1 Å². The third kappa shape index (κ3) is 4.25. The van der Waals surface area contributed by atoms with Crippen LogP contribution in [-0.4, -0.2) is 68.8 Å². The van der Waals surface area contributed by atoms with E-state index in [0.29, 0.717) is 5.56 Å². The van der Waals surface area contributed by atoms with Crippen molar-refractivity contribution in [3.8, 4) is 0 Å². The Morgan fingerprint density at radius 1 is 1.06 bits per heavy atom. The number of carbonyl (C=O) groups is 2. The SMILES string of the molecule is COCCN1C(=O)C(=O)/C(=C(/O)c2ccc(S(=O)(=O)N(C)C)cc2)C1c1ccccc1. The number of carbonyl (C=O) groups excluding carboxylic acids is 2. The summed E-state index contributed by atoms with van der Waals surface area (Å²) in [4.78, 5) is 27.0. The summed E-state index contributed by atoms with van der Waals surface area (Å²) in [5.74, 6) is -1.88. The van der Waals surface area contributed by atoms with Gasteiger partial charge < -0.3 is 14.7 Å². The van der Waals surface area contributed by atoms with Gasteiger partial charge in [0.05, 0.1) is 23.1 Å². The molecule has 1 aliphatic heterocycles. The van der Waals surface area contributed by atoms with Gasteiger partial charge in [0, 0.05) is 33.3 Å². The Bertz CT molecular complexity index is 1110. The van der Waals surface area contributed by atoms with E-state index < -0.39 is 27.8 Å². The molecule has 1 atom stereocenters. The first-order valence-corrected chi connectivity index (χ1v) is 11.0. The van der Waals surface area contributed by atoms with Crippen LogP contribution in [0.25, 0.3) is 5.76 Å². The zero-order valence-corrected chi connectivity index (χ0v) is 18.3. The monoisotopic (exact) mass is 444 g/mol. The van der Waals surface area contributed by atoms with Crippen molar-refractivity contribution in [3.05, 3.63) is 71.3 Å². The van der Waals surface area contributed by atoms with Crippen molar-refractivity contribution in [2.45, 2.75) is 10.9 Å². The summed E-state index contributed by atoms with van der Waals surface area (Å²) in [7, 11) is 0.702. The summed E-state index contributed by atoms with van der Waals surface area (Å²) in [6.07, 6.45) is 0. The molecule has 3 rings (SSSR count). The van der Waals surface area contributed by atoms with Gasteiger partial charge in [-0.15, -0.1) is 0 Å². The Balaban J connectivity index is 2.10. The lowest BCUT2D eigenvalue weighted by Crippen LogP contribution is -2.32. The lowest BCUT2D eigenvalue weighted by atomic mass is 9.95. The smallest absolute Gasteiger partial charge is 0.295 e. The molecule has 2 aromatic rings. The number of hydrogen-bond donors (Lipinski definition) is 1. The molecule has 2 aromatic carbocycles. The number of benzene rings is 2. The molecule has 1 saturated heterocycles. The predicted octanol–water partition coefficient (Wildman–Crippen LogP) is 2.00. The highest BCUT2D eigenvalue weighted by Crippen LogP contribution is 2.39. The minimum Gasteiger partial charge on any atom is -0.507 e. The van der Waals surface area contributed by atoms with E-state index in [1.807, 2.05) is 6.07 Å². The first-order valence-electron chi connectivity index (χ1n) is 9.55. The van der Waals surface area contributed by atoms with Gasteiger partial charge in [-0.25, -0.2) is 12.7 Å². The summed E-state index contributed by atoms with van der Waals surface area (Å²) in [6, 6.07) is 13.7.